The predicted molar refractivity (Wildman–Crippen MR) is 134 cm³/mol. The zero-order chi connectivity index (χ0) is 25.1. The minimum absolute atomic E-state index is 0.202. The maximum atomic E-state index is 14.1. The number of nitrogens with zero attached hydrogens (tertiary/aromatic N) is 6. The number of hydrogen-bond donors (Lipinski definition) is 2. The van der Waals surface area contributed by atoms with Gasteiger partial charge in [-0.15, -0.1) is 0 Å². The molecule has 0 unspecified atom stereocenters. The molecule has 0 bridgehead atoms. The smallest absolute Gasteiger partial charge is 0.246 e. The third kappa shape index (κ3) is 4.50. The highest BCUT2D eigenvalue weighted by Gasteiger charge is 2.20. The van der Waals surface area contributed by atoms with Crippen LogP contribution in [0.1, 0.15) is 13.8 Å². The molecule has 3 N–H and O–H groups in total. The highest BCUT2D eigenvalue weighted by atomic mass is 19.1. The Morgan fingerprint density at radius 2 is 2.11 bits per heavy atom. The van der Waals surface area contributed by atoms with Gasteiger partial charge in [0, 0.05) is 30.7 Å². The molecule has 3 heterocycles. The molecule has 180 valence electrons. The average molecular weight is 476 g/mol. The first-order chi connectivity index (χ1) is 16.9. The molecule has 10 heteroatoms. The van der Waals surface area contributed by atoms with Crippen molar-refractivity contribution in [1.82, 2.24) is 29.2 Å². The van der Waals surface area contributed by atoms with E-state index in [-0.39, 0.29) is 11.7 Å². The number of halogens is 1. The Balaban J connectivity index is 1.75. The normalized spacial score (nSPS) is 12.1. The molecule has 4 aromatic rings. The van der Waals surface area contributed by atoms with E-state index >= 15 is 0 Å². The monoisotopic (exact) mass is 475 g/mol. The Labute approximate surface area is 201 Å². The Hall–Kier alpha value is -4.47. The second-order valence-electron chi connectivity index (χ2n) is 7.88. The van der Waals surface area contributed by atoms with Gasteiger partial charge in [0.1, 0.15) is 17.5 Å². The van der Waals surface area contributed by atoms with Gasteiger partial charge in [-0.1, -0.05) is 24.8 Å². The molecule has 35 heavy (non-hydrogen) atoms. The summed E-state index contributed by atoms with van der Waals surface area (Å²) in [7, 11) is 0. The maximum absolute atomic E-state index is 14.1. The van der Waals surface area contributed by atoms with E-state index in [4.69, 9.17) is 10.8 Å². The van der Waals surface area contributed by atoms with Crippen molar-refractivity contribution in [2.75, 3.05) is 18.8 Å². The summed E-state index contributed by atoms with van der Waals surface area (Å²) in [6.07, 6.45) is 10.2. The Morgan fingerprint density at radius 1 is 1.31 bits per heavy atom. The second-order valence-corrected chi connectivity index (χ2v) is 7.88. The molecular formula is C25H26FN7O2. The molecule has 0 aliphatic rings. The first-order valence-corrected chi connectivity index (χ1v) is 11.0. The molecule has 0 saturated heterocycles. The summed E-state index contributed by atoms with van der Waals surface area (Å²) in [4.78, 5) is 22.7. The molecule has 1 amide bonds. The van der Waals surface area contributed by atoms with Gasteiger partial charge in [-0.05, 0) is 37.6 Å². The van der Waals surface area contributed by atoms with Gasteiger partial charge in [-0.2, -0.15) is 5.10 Å². The number of allylic oxidation sites excluding steroid dienone is 2. The molecule has 9 nitrogen and oxygen atoms in total. The standard InChI is InChI=1S/C25H26FN7O2/c1-4-7-16(5-2)14-31(21(35)6-3)10-11-33-24-22(23(27)28-15-29-24)25(30-33)32-9-8-17-12-20(34)18(26)13-19(17)32/h4-9,12-13,15,34H,3,10-11,14H2,1-2H3,(H2,27,28,29)/b7-4-,16-5+. The van der Waals surface area contributed by atoms with E-state index in [1.54, 1.807) is 26.4 Å². The number of phenols is 1. The van der Waals surface area contributed by atoms with Crippen LogP contribution >= 0.6 is 0 Å². The summed E-state index contributed by atoms with van der Waals surface area (Å²) < 4.78 is 17.5. The molecule has 0 atom stereocenters. The topological polar surface area (TPSA) is 115 Å². The fraction of sp³-hybridized carbons (Fsp3) is 0.200. The van der Waals surface area contributed by atoms with Crippen molar-refractivity contribution < 1.29 is 14.3 Å². The summed E-state index contributed by atoms with van der Waals surface area (Å²) >= 11 is 0. The number of amides is 1. The van der Waals surface area contributed by atoms with Crippen LogP contribution in [0.5, 0.6) is 5.75 Å². The van der Waals surface area contributed by atoms with Crippen LogP contribution < -0.4 is 5.73 Å². The quantitative estimate of drug-likeness (QED) is 0.296. The third-order valence-electron chi connectivity index (χ3n) is 5.72. The van der Waals surface area contributed by atoms with Gasteiger partial charge in [0.05, 0.1) is 12.1 Å². The molecule has 0 spiro atoms. The van der Waals surface area contributed by atoms with Crippen LogP contribution in [0.2, 0.25) is 0 Å². The van der Waals surface area contributed by atoms with Crippen LogP contribution in [-0.2, 0) is 11.3 Å². The number of rotatable bonds is 8. The fourth-order valence-corrected chi connectivity index (χ4v) is 3.95. The van der Waals surface area contributed by atoms with E-state index in [0.29, 0.717) is 47.4 Å². The molecule has 0 aliphatic heterocycles. The van der Waals surface area contributed by atoms with Gasteiger partial charge < -0.3 is 15.7 Å². The van der Waals surface area contributed by atoms with E-state index in [1.807, 2.05) is 32.1 Å². The zero-order valence-corrected chi connectivity index (χ0v) is 19.5. The van der Waals surface area contributed by atoms with E-state index in [1.165, 1.54) is 24.5 Å². The average Bonchev–Trinajstić information content (AvgIpc) is 3.42. The van der Waals surface area contributed by atoms with Crippen LogP contribution in [0, 0.1) is 5.82 Å². The van der Waals surface area contributed by atoms with Crippen molar-refractivity contribution in [3.63, 3.8) is 0 Å². The molecule has 0 saturated carbocycles. The lowest BCUT2D eigenvalue weighted by molar-refractivity contribution is -0.125. The lowest BCUT2D eigenvalue weighted by Crippen LogP contribution is -2.34. The summed E-state index contributed by atoms with van der Waals surface area (Å²) in [5.41, 5.74) is 8.17. The van der Waals surface area contributed by atoms with Gasteiger partial charge in [-0.3, -0.25) is 9.36 Å². The summed E-state index contributed by atoms with van der Waals surface area (Å²) in [6.45, 7) is 8.54. The highest BCUT2D eigenvalue weighted by Crippen LogP contribution is 2.30. The number of nitrogens with two attached hydrogens (primary N) is 1. The summed E-state index contributed by atoms with van der Waals surface area (Å²) in [6, 6.07) is 4.33. The molecular weight excluding hydrogens is 449 g/mol. The lowest BCUT2D eigenvalue weighted by Gasteiger charge is -2.22. The van der Waals surface area contributed by atoms with Gasteiger partial charge in [0.25, 0.3) is 0 Å². The van der Waals surface area contributed by atoms with E-state index in [0.717, 1.165) is 5.57 Å². The van der Waals surface area contributed by atoms with Crippen molar-refractivity contribution in [1.29, 1.82) is 0 Å². The second kappa shape index (κ2) is 9.80. The molecule has 1 aromatic carbocycles. The number of carbonyl (C=O) groups is 1. The van der Waals surface area contributed by atoms with Crippen LogP contribution in [0.3, 0.4) is 0 Å². The largest absolute Gasteiger partial charge is 0.505 e. The number of nitrogen functional groups attached to an aromatic ring is 1. The number of aromatic nitrogens is 5. The predicted octanol–water partition coefficient (Wildman–Crippen LogP) is 3.73. The van der Waals surface area contributed by atoms with Crippen molar-refractivity contribution in [3.8, 4) is 11.6 Å². The first kappa shape index (κ1) is 23.7. The zero-order valence-electron chi connectivity index (χ0n) is 19.5. The van der Waals surface area contributed by atoms with Gasteiger partial charge in [0.2, 0.25) is 5.91 Å². The lowest BCUT2D eigenvalue weighted by atomic mass is 10.2. The van der Waals surface area contributed by atoms with Crippen molar-refractivity contribution in [2.24, 2.45) is 0 Å². The Bertz CT molecular complexity index is 1480. The number of carbonyl (C=O) groups excluding carboxylic acids is 1. The van der Waals surface area contributed by atoms with Crippen molar-refractivity contribution >= 4 is 33.7 Å². The van der Waals surface area contributed by atoms with Gasteiger partial charge >= 0.3 is 0 Å². The van der Waals surface area contributed by atoms with Gasteiger partial charge in [-0.25, -0.2) is 19.0 Å². The minimum Gasteiger partial charge on any atom is -0.505 e. The summed E-state index contributed by atoms with van der Waals surface area (Å²) in [5.74, 6) is -0.737. The number of aromatic hydroxyl groups is 1. The molecule has 0 fully saturated rings. The third-order valence-corrected chi connectivity index (χ3v) is 5.72. The Morgan fingerprint density at radius 3 is 2.83 bits per heavy atom. The van der Waals surface area contributed by atoms with Crippen molar-refractivity contribution in [3.05, 3.63) is 73.0 Å². The fourth-order valence-electron chi connectivity index (χ4n) is 3.95. The number of fused-ring (bicyclic) bond motifs is 2. The van der Waals surface area contributed by atoms with Crippen LogP contribution in [0.25, 0.3) is 27.8 Å². The van der Waals surface area contributed by atoms with E-state index in [2.05, 4.69) is 16.5 Å². The SMILES string of the molecule is C=CC(=O)N(CCn1nc(-n2ccc3cc(O)c(F)cc32)c2c(N)ncnc21)CC(/C=C\C)=C/C. The number of benzene rings is 1. The van der Waals surface area contributed by atoms with Gasteiger partial charge in [0.15, 0.2) is 23.0 Å². The first-order valence-electron chi connectivity index (χ1n) is 11.0. The van der Waals surface area contributed by atoms with E-state index in [9.17, 15) is 14.3 Å². The van der Waals surface area contributed by atoms with Crippen LogP contribution in [-0.4, -0.2) is 53.3 Å². The number of anilines is 1. The molecule has 0 radical (unpaired) electrons. The highest BCUT2D eigenvalue weighted by molar-refractivity contribution is 5.95. The van der Waals surface area contributed by atoms with Crippen LogP contribution in [0.4, 0.5) is 10.2 Å². The molecule has 4 rings (SSSR count). The molecule has 0 aliphatic carbocycles. The maximum Gasteiger partial charge on any atom is 0.246 e. The van der Waals surface area contributed by atoms with Crippen LogP contribution in [0.15, 0.2) is 67.2 Å². The molecule has 3 aromatic heterocycles. The number of phenolic OH excluding ortho intramolecular Hbond substituents is 1. The van der Waals surface area contributed by atoms with Crippen molar-refractivity contribution in [2.45, 2.75) is 20.4 Å². The minimum atomic E-state index is -0.745. The van der Waals surface area contributed by atoms with E-state index < -0.39 is 11.6 Å². The summed E-state index contributed by atoms with van der Waals surface area (Å²) in [5, 5.41) is 15.6. The Kier molecular flexibility index (Phi) is 6.63. The number of hydrogen-bond acceptors (Lipinski definition) is 6.